The van der Waals surface area contributed by atoms with Crippen molar-refractivity contribution in [1.82, 2.24) is 4.90 Å². The zero-order valence-electron chi connectivity index (χ0n) is 13.6. The first-order chi connectivity index (χ1) is 9.23. The molecule has 116 valence electrons. The Morgan fingerprint density at radius 3 is 2.65 bits per heavy atom. The number of nitrogens with zero attached hydrogens (tertiary/aromatic N) is 1. The zero-order valence-corrected chi connectivity index (χ0v) is 13.6. The van der Waals surface area contributed by atoms with Gasteiger partial charge in [0.1, 0.15) is 5.60 Å². The Hall–Kier alpha value is -0.770. The Morgan fingerprint density at radius 2 is 2.05 bits per heavy atom. The standard InChI is InChI=1S/C16H29NO3/c1-12-8-6-7-9-16(12)10-13(11-19-16)17(5)14(18)20-15(2,3)4/h12-13H,6-11H2,1-5H3/t12-,13+,16-/m1/s1. The predicted octanol–water partition coefficient (Wildman–Crippen LogP) is 3.59. The SMILES string of the molecule is C[C@@H]1CCCC[C@@]12C[C@H](N(C)C(=O)OC(C)(C)C)CO2. The third kappa shape index (κ3) is 3.27. The summed E-state index contributed by atoms with van der Waals surface area (Å²) in [4.78, 5) is 13.9. The highest BCUT2D eigenvalue weighted by molar-refractivity contribution is 5.68. The summed E-state index contributed by atoms with van der Waals surface area (Å²) in [6.07, 6.45) is 5.62. The molecular weight excluding hydrogens is 254 g/mol. The molecule has 3 atom stereocenters. The molecule has 1 saturated carbocycles. The van der Waals surface area contributed by atoms with E-state index in [9.17, 15) is 4.79 Å². The van der Waals surface area contributed by atoms with Gasteiger partial charge in [-0.2, -0.15) is 0 Å². The average molecular weight is 283 g/mol. The lowest BCUT2D eigenvalue weighted by Gasteiger charge is -2.39. The van der Waals surface area contributed by atoms with Crippen LogP contribution in [-0.4, -0.2) is 41.9 Å². The van der Waals surface area contributed by atoms with Crippen LogP contribution in [0.25, 0.3) is 0 Å². The van der Waals surface area contributed by atoms with Crippen LogP contribution in [0, 0.1) is 5.92 Å². The number of likely N-dealkylation sites (N-methyl/N-ethyl adjacent to an activating group) is 1. The van der Waals surface area contributed by atoms with Gasteiger partial charge < -0.3 is 14.4 Å². The van der Waals surface area contributed by atoms with Gasteiger partial charge in [-0.15, -0.1) is 0 Å². The van der Waals surface area contributed by atoms with E-state index >= 15 is 0 Å². The first-order valence-corrected chi connectivity index (χ1v) is 7.83. The molecule has 0 aromatic heterocycles. The molecule has 0 bridgehead atoms. The minimum absolute atomic E-state index is 0.000804. The molecule has 2 aliphatic rings. The van der Waals surface area contributed by atoms with Crippen LogP contribution >= 0.6 is 0 Å². The van der Waals surface area contributed by atoms with Crippen LogP contribution in [0.4, 0.5) is 4.79 Å². The van der Waals surface area contributed by atoms with E-state index in [0.29, 0.717) is 12.5 Å². The van der Waals surface area contributed by atoms with E-state index in [-0.39, 0.29) is 17.7 Å². The Labute approximate surface area is 122 Å². The molecule has 1 heterocycles. The van der Waals surface area contributed by atoms with Gasteiger partial charge in [-0.1, -0.05) is 19.8 Å². The fourth-order valence-corrected chi connectivity index (χ4v) is 3.41. The zero-order chi connectivity index (χ0) is 15.0. The summed E-state index contributed by atoms with van der Waals surface area (Å²) in [6, 6.07) is 0.144. The van der Waals surface area contributed by atoms with Crippen LogP contribution in [0.3, 0.4) is 0 Å². The predicted molar refractivity (Wildman–Crippen MR) is 78.7 cm³/mol. The van der Waals surface area contributed by atoms with Crippen molar-refractivity contribution < 1.29 is 14.3 Å². The van der Waals surface area contributed by atoms with Crippen LogP contribution < -0.4 is 0 Å². The van der Waals surface area contributed by atoms with Crippen molar-refractivity contribution in [2.24, 2.45) is 5.92 Å². The van der Waals surface area contributed by atoms with Gasteiger partial charge in [0.05, 0.1) is 18.2 Å². The molecule has 0 aromatic carbocycles. The Kier molecular flexibility index (Phi) is 4.33. The summed E-state index contributed by atoms with van der Waals surface area (Å²) in [5, 5.41) is 0. The minimum Gasteiger partial charge on any atom is -0.444 e. The van der Waals surface area contributed by atoms with Crippen molar-refractivity contribution in [2.45, 2.75) is 77.0 Å². The van der Waals surface area contributed by atoms with E-state index in [2.05, 4.69) is 6.92 Å². The summed E-state index contributed by atoms with van der Waals surface area (Å²) in [5.74, 6) is 0.591. The van der Waals surface area contributed by atoms with Gasteiger partial charge in [-0.05, 0) is 46.0 Å². The highest BCUT2D eigenvalue weighted by atomic mass is 16.6. The molecule has 4 heteroatoms. The molecule has 2 fully saturated rings. The summed E-state index contributed by atoms with van der Waals surface area (Å²) in [5.41, 5.74) is -0.445. The molecule has 4 nitrogen and oxygen atoms in total. The van der Waals surface area contributed by atoms with Gasteiger partial charge in [-0.25, -0.2) is 4.79 Å². The maximum absolute atomic E-state index is 12.1. The lowest BCUT2D eigenvalue weighted by atomic mass is 9.74. The van der Waals surface area contributed by atoms with Gasteiger partial charge in [0, 0.05) is 7.05 Å². The van der Waals surface area contributed by atoms with E-state index in [4.69, 9.17) is 9.47 Å². The van der Waals surface area contributed by atoms with Crippen molar-refractivity contribution >= 4 is 6.09 Å². The smallest absolute Gasteiger partial charge is 0.410 e. The highest BCUT2D eigenvalue weighted by Gasteiger charge is 2.47. The van der Waals surface area contributed by atoms with Crippen LogP contribution in [0.2, 0.25) is 0 Å². The van der Waals surface area contributed by atoms with Gasteiger partial charge in [0.25, 0.3) is 0 Å². The third-order valence-corrected chi connectivity index (χ3v) is 4.76. The molecule has 1 saturated heterocycles. The van der Waals surface area contributed by atoms with Crippen molar-refractivity contribution in [3.8, 4) is 0 Å². The monoisotopic (exact) mass is 283 g/mol. The maximum atomic E-state index is 12.1. The second-order valence-corrected chi connectivity index (χ2v) is 7.47. The second-order valence-electron chi connectivity index (χ2n) is 7.47. The largest absolute Gasteiger partial charge is 0.444 e. The molecule has 20 heavy (non-hydrogen) atoms. The molecule has 0 aromatic rings. The molecule has 1 aliphatic heterocycles. The molecular formula is C16H29NO3. The van der Waals surface area contributed by atoms with Gasteiger partial charge >= 0.3 is 6.09 Å². The summed E-state index contributed by atoms with van der Waals surface area (Å²) in [6.45, 7) is 8.62. The van der Waals surface area contributed by atoms with Crippen LogP contribution in [-0.2, 0) is 9.47 Å². The van der Waals surface area contributed by atoms with Crippen molar-refractivity contribution in [3.63, 3.8) is 0 Å². The van der Waals surface area contributed by atoms with Crippen molar-refractivity contribution in [2.75, 3.05) is 13.7 Å². The quantitative estimate of drug-likeness (QED) is 0.738. The number of carbonyl (C=O) groups is 1. The third-order valence-electron chi connectivity index (χ3n) is 4.76. The van der Waals surface area contributed by atoms with E-state index in [1.165, 1.54) is 19.3 Å². The number of rotatable bonds is 1. The molecule has 0 unspecified atom stereocenters. The Balaban J connectivity index is 1.96. The maximum Gasteiger partial charge on any atom is 0.410 e. The van der Waals surface area contributed by atoms with E-state index in [0.717, 1.165) is 12.8 Å². The minimum atomic E-state index is -0.444. The molecule has 1 aliphatic carbocycles. The first kappa shape index (κ1) is 15.6. The van der Waals surface area contributed by atoms with Crippen LogP contribution in [0.1, 0.15) is 59.8 Å². The lowest BCUT2D eigenvalue weighted by Crippen LogP contribution is -2.43. The number of hydrogen-bond donors (Lipinski definition) is 0. The van der Waals surface area contributed by atoms with E-state index in [1.807, 2.05) is 27.8 Å². The lowest BCUT2D eigenvalue weighted by molar-refractivity contribution is -0.0628. The second kappa shape index (κ2) is 5.55. The number of amides is 1. The first-order valence-electron chi connectivity index (χ1n) is 7.83. The van der Waals surface area contributed by atoms with Gasteiger partial charge in [0.15, 0.2) is 0 Å². The summed E-state index contributed by atoms with van der Waals surface area (Å²) < 4.78 is 11.6. The molecule has 0 radical (unpaired) electrons. The highest BCUT2D eigenvalue weighted by Crippen LogP contribution is 2.44. The van der Waals surface area contributed by atoms with Crippen LogP contribution in [0.5, 0.6) is 0 Å². The molecule has 1 spiro atoms. The topological polar surface area (TPSA) is 38.8 Å². The summed E-state index contributed by atoms with van der Waals surface area (Å²) >= 11 is 0. The normalized spacial score (nSPS) is 34.2. The number of ether oxygens (including phenoxy) is 2. The Bertz CT molecular complexity index is 363. The van der Waals surface area contributed by atoms with Crippen LogP contribution in [0.15, 0.2) is 0 Å². The Morgan fingerprint density at radius 1 is 1.35 bits per heavy atom. The van der Waals surface area contributed by atoms with E-state index in [1.54, 1.807) is 4.90 Å². The van der Waals surface area contributed by atoms with Gasteiger partial charge in [-0.3, -0.25) is 0 Å². The molecule has 0 N–H and O–H groups in total. The van der Waals surface area contributed by atoms with E-state index < -0.39 is 5.60 Å². The van der Waals surface area contributed by atoms with Gasteiger partial charge in [0.2, 0.25) is 0 Å². The number of hydrogen-bond acceptors (Lipinski definition) is 3. The van der Waals surface area contributed by atoms with Crippen molar-refractivity contribution in [1.29, 1.82) is 0 Å². The fourth-order valence-electron chi connectivity index (χ4n) is 3.41. The number of carbonyl (C=O) groups excluding carboxylic acids is 1. The average Bonchev–Trinajstić information content (AvgIpc) is 2.75. The molecule has 2 rings (SSSR count). The fraction of sp³-hybridized carbons (Fsp3) is 0.938. The summed E-state index contributed by atoms with van der Waals surface area (Å²) in [7, 11) is 1.83. The molecule has 1 amide bonds. The van der Waals surface area contributed by atoms with Crippen molar-refractivity contribution in [3.05, 3.63) is 0 Å².